The van der Waals surface area contributed by atoms with Crippen LogP contribution in [0.3, 0.4) is 0 Å². The molecular weight excluding hydrogens is 578 g/mol. The number of amides is 2. The van der Waals surface area contributed by atoms with E-state index in [9.17, 15) is 22.4 Å². The molecule has 212 valence electrons. The molecule has 40 heavy (non-hydrogen) atoms. The van der Waals surface area contributed by atoms with E-state index >= 15 is 0 Å². The first-order chi connectivity index (χ1) is 19.0. The van der Waals surface area contributed by atoms with Crippen LogP contribution in [0.1, 0.15) is 40.9 Å². The molecule has 0 aromatic heterocycles. The van der Waals surface area contributed by atoms with Gasteiger partial charge in [-0.2, -0.15) is 0 Å². The van der Waals surface area contributed by atoms with E-state index in [1.807, 2.05) is 48.5 Å². The number of halogens is 3. The first-order valence-corrected chi connectivity index (χ1v) is 15.0. The third-order valence-corrected chi connectivity index (χ3v) is 8.67. The number of nitrogens with one attached hydrogen (secondary N) is 2. The van der Waals surface area contributed by atoms with Crippen LogP contribution < -0.4 is 15.8 Å². The Hall–Kier alpha value is -3.18. The summed E-state index contributed by atoms with van der Waals surface area (Å²) in [5, 5.41) is 3.69. The summed E-state index contributed by atoms with van der Waals surface area (Å²) >= 11 is 12.2. The van der Waals surface area contributed by atoms with E-state index < -0.39 is 33.7 Å². The Morgan fingerprint density at radius 1 is 1.00 bits per heavy atom. The van der Waals surface area contributed by atoms with Crippen LogP contribution in [-0.4, -0.2) is 50.0 Å². The average Bonchev–Trinajstić information content (AvgIpc) is 2.88. The van der Waals surface area contributed by atoms with Gasteiger partial charge in [-0.3, -0.25) is 19.2 Å². The molecule has 8 nitrogen and oxygen atoms in total. The lowest BCUT2D eigenvalue weighted by atomic mass is 9.91. The zero-order chi connectivity index (χ0) is 29.0. The number of nitrogens with zero attached hydrogens (tertiary/aromatic N) is 1. The van der Waals surface area contributed by atoms with E-state index in [0.717, 1.165) is 23.3 Å². The van der Waals surface area contributed by atoms with Crippen LogP contribution in [0.2, 0.25) is 10.0 Å². The zero-order valence-electron chi connectivity index (χ0n) is 21.6. The van der Waals surface area contributed by atoms with Crippen molar-refractivity contribution in [2.45, 2.75) is 25.4 Å². The van der Waals surface area contributed by atoms with Crippen molar-refractivity contribution in [3.8, 4) is 0 Å². The molecule has 1 atom stereocenters. The number of sulfonamides is 1. The van der Waals surface area contributed by atoms with Gasteiger partial charge in [0, 0.05) is 34.6 Å². The molecule has 0 unspecified atom stereocenters. The minimum absolute atomic E-state index is 0.0117. The molecule has 3 aromatic carbocycles. The lowest BCUT2D eigenvalue weighted by Gasteiger charge is -2.44. The highest BCUT2D eigenvalue weighted by atomic mass is 35.5. The van der Waals surface area contributed by atoms with Crippen LogP contribution in [-0.2, 0) is 14.8 Å². The molecule has 1 heterocycles. The molecule has 1 aliphatic heterocycles. The highest BCUT2D eigenvalue weighted by Crippen LogP contribution is 2.36. The lowest BCUT2D eigenvalue weighted by Crippen LogP contribution is -2.51. The lowest BCUT2D eigenvalue weighted by molar-refractivity contribution is -0.119. The van der Waals surface area contributed by atoms with Crippen LogP contribution in [0.5, 0.6) is 0 Å². The van der Waals surface area contributed by atoms with Crippen molar-refractivity contribution < 1.29 is 22.4 Å². The Bertz CT molecular complexity index is 1440. The molecule has 1 aliphatic rings. The van der Waals surface area contributed by atoms with E-state index in [1.54, 1.807) is 6.92 Å². The van der Waals surface area contributed by atoms with Crippen LogP contribution in [0.15, 0.2) is 66.7 Å². The average molecular weight is 608 g/mol. The molecule has 0 saturated carbocycles. The molecule has 0 radical (unpaired) electrons. The monoisotopic (exact) mass is 606 g/mol. The summed E-state index contributed by atoms with van der Waals surface area (Å²) in [5.74, 6) is -2.63. The highest BCUT2D eigenvalue weighted by molar-refractivity contribution is 7.92. The number of carbonyl (C=O) groups excluding carboxylic acids is 2. The van der Waals surface area contributed by atoms with E-state index in [2.05, 4.69) is 14.9 Å². The number of hydrogen-bond acceptors (Lipinski definition) is 5. The van der Waals surface area contributed by atoms with E-state index in [-0.39, 0.29) is 35.4 Å². The van der Waals surface area contributed by atoms with Crippen molar-refractivity contribution in [2.75, 3.05) is 23.6 Å². The number of carbonyl (C=O) groups is 2. The van der Waals surface area contributed by atoms with Gasteiger partial charge in [0.15, 0.2) is 0 Å². The summed E-state index contributed by atoms with van der Waals surface area (Å²) in [6, 6.07) is 17.3. The number of likely N-dealkylation sites (tertiary alicyclic amines) is 1. The van der Waals surface area contributed by atoms with Gasteiger partial charge in [0.25, 0.3) is 5.91 Å². The quantitative estimate of drug-likeness (QED) is 0.295. The normalized spacial score (nSPS) is 14.9. The molecule has 4 rings (SSSR count). The summed E-state index contributed by atoms with van der Waals surface area (Å²) in [6.45, 7) is 2.66. The van der Waals surface area contributed by atoms with E-state index in [4.69, 9.17) is 28.9 Å². The fourth-order valence-electron chi connectivity index (χ4n) is 4.71. The Morgan fingerprint density at radius 3 is 2.05 bits per heavy atom. The molecule has 4 N–H and O–H groups in total. The second-order valence-corrected chi connectivity index (χ2v) is 12.4. The fourth-order valence-corrected chi connectivity index (χ4v) is 6.37. The van der Waals surface area contributed by atoms with Gasteiger partial charge in [-0.25, -0.2) is 12.8 Å². The third-order valence-electron chi connectivity index (χ3n) is 6.73. The molecule has 0 aliphatic carbocycles. The highest BCUT2D eigenvalue weighted by Gasteiger charge is 2.36. The molecule has 12 heteroatoms. The second kappa shape index (κ2) is 12.6. The molecule has 1 fully saturated rings. The molecular formula is C28H29Cl2FN4O4S. The Labute approximate surface area is 242 Å². The maximum Gasteiger partial charge on any atom is 0.252 e. The minimum Gasteiger partial charge on any atom is -0.368 e. The fraction of sp³-hybridized carbons (Fsp3) is 0.286. The van der Waals surface area contributed by atoms with Crippen LogP contribution in [0, 0.1) is 11.7 Å². The van der Waals surface area contributed by atoms with Gasteiger partial charge in [-0.1, -0.05) is 54.4 Å². The number of nitrogens with two attached hydrogens (primary N) is 1. The molecule has 2 amide bonds. The van der Waals surface area contributed by atoms with Crippen molar-refractivity contribution in [3.05, 3.63) is 99.3 Å². The summed E-state index contributed by atoms with van der Waals surface area (Å²) in [6.07, 6.45) is 0.275. The Balaban J connectivity index is 1.43. The Kier molecular flexibility index (Phi) is 9.35. The first-order valence-electron chi connectivity index (χ1n) is 12.6. The van der Waals surface area contributed by atoms with Gasteiger partial charge < -0.3 is 11.1 Å². The van der Waals surface area contributed by atoms with Gasteiger partial charge in [0.2, 0.25) is 15.9 Å². The smallest absolute Gasteiger partial charge is 0.252 e. The number of anilines is 1. The number of primary amides is 1. The van der Waals surface area contributed by atoms with Gasteiger partial charge >= 0.3 is 0 Å². The van der Waals surface area contributed by atoms with Gasteiger partial charge in [-0.05, 0) is 60.0 Å². The van der Waals surface area contributed by atoms with Gasteiger partial charge in [-0.15, -0.1) is 0 Å². The third kappa shape index (κ3) is 7.31. The summed E-state index contributed by atoms with van der Waals surface area (Å²) in [4.78, 5) is 26.1. The number of rotatable bonds is 11. The molecule has 1 saturated heterocycles. The second-order valence-electron chi connectivity index (χ2n) is 9.74. The Morgan fingerprint density at radius 2 is 1.55 bits per heavy atom. The maximum absolute atomic E-state index is 14.5. The van der Waals surface area contributed by atoms with Crippen molar-refractivity contribution in [3.63, 3.8) is 0 Å². The van der Waals surface area contributed by atoms with Crippen LogP contribution in [0.4, 0.5) is 10.1 Å². The van der Waals surface area contributed by atoms with E-state index in [0.29, 0.717) is 23.1 Å². The number of benzene rings is 3. The molecule has 0 bridgehead atoms. The first kappa shape index (κ1) is 29.8. The van der Waals surface area contributed by atoms with Crippen LogP contribution >= 0.6 is 23.2 Å². The molecule has 0 spiro atoms. The standard InChI is InChI=1S/C28H29Cl2FN4O4S/c1-2-24(27(32)36)33-28(37)20-7-12-23(31)25(13-20)34-40(38,39)16-17-14-35(15-17)26(18-3-8-21(29)9-4-18)19-5-10-22(30)11-6-19/h3-13,17,24,26,34H,2,14-16H2,1H3,(H2,32,36)(H,33,37)/t24-/m0/s1. The molecule has 3 aromatic rings. The maximum atomic E-state index is 14.5. The minimum atomic E-state index is -3.95. The topological polar surface area (TPSA) is 122 Å². The predicted octanol–water partition coefficient (Wildman–Crippen LogP) is 4.59. The van der Waals surface area contributed by atoms with Crippen molar-refractivity contribution in [1.82, 2.24) is 10.2 Å². The van der Waals surface area contributed by atoms with Crippen molar-refractivity contribution >= 4 is 50.7 Å². The van der Waals surface area contributed by atoms with Gasteiger partial charge in [0.05, 0.1) is 17.5 Å². The zero-order valence-corrected chi connectivity index (χ0v) is 23.9. The predicted molar refractivity (Wildman–Crippen MR) is 154 cm³/mol. The largest absolute Gasteiger partial charge is 0.368 e. The van der Waals surface area contributed by atoms with Crippen molar-refractivity contribution in [1.29, 1.82) is 0 Å². The van der Waals surface area contributed by atoms with Gasteiger partial charge in [0.1, 0.15) is 11.9 Å². The summed E-state index contributed by atoms with van der Waals surface area (Å²) in [5.41, 5.74) is 6.91. The number of hydrogen-bond donors (Lipinski definition) is 3. The summed E-state index contributed by atoms with van der Waals surface area (Å²) in [7, 11) is -3.95. The van der Waals surface area contributed by atoms with E-state index in [1.165, 1.54) is 6.07 Å². The van der Waals surface area contributed by atoms with Crippen LogP contribution in [0.25, 0.3) is 0 Å². The van der Waals surface area contributed by atoms with Crippen molar-refractivity contribution in [2.24, 2.45) is 11.7 Å². The summed E-state index contributed by atoms with van der Waals surface area (Å²) < 4.78 is 42.7. The SMILES string of the molecule is CC[C@H](NC(=O)c1ccc(F)c(NS(=O)(=O)CC2CN(C(c3ccc(Cl)cc3)c3ccc(Cl)cc3)C2)c1)C(N)=O.